The minimum atomic E-state index is -0.555. The number of aliphatic hydroxyl groups is 1. The third-order valence-electron chi connectivity index (χ3n) is 4.48. The Labute approximate surface area is 142 Å². The Kier molecular flexibility index (Phi) is 5.33. The number of methoxy groups -OCH3 is 1. The van der Waals surface area contributed by atoms with Crippen LogP contribution in [0.4, 0.5) is 10.1 Å². The van der Waals surface area contributed by atoms with Crippen LogP contribution >= 0.6 is 0 Å². The monoisotopic (exact) mass is 330 g/mol. The van der Waals surface area contributed by atoms with Crippen LogP contribution in [0.2, 0.25) is 0 Å². The molecule has 1 N–H and O–H groups in total. The second-order valence-electron chi connectivity index (χ2n) is 6.03. The fourth-order valence-electron chi connectivity index (χ4n) is 3.08. The van der Waals surface area contributed by atoms with E-state index in [2.05, 4.69) is 9.80 Å². The van der Waals surface area contributed by atoms with Gasteiger partial charge in [-0.15, -0.1) is 0 Å². The Morgan fingerprint density at radius 1 is 1.08 bits per heavy atom. The maximum atomic E-state index is 13.9. The second kappa shape index (κ2) is 7.64. The van der Waals surface area contributed by atoms with E-state index in [1.165, 1.54) is 6.07 Å². The van der Waals surface area contributed by atoms with Gasteiger partial charge in [0.15, 0.2) is 0 Å². The van der Waals surface area contributed by atoms with Gasteiger partial charge < -0.3 is 14.7 Å². The van der Waals surface area contributed by atoms with E-state index >= 15 is 0 Å². The van der Waals surface area contributed by atoms with E-state index in [0.29, 0.717) is 12.2 Å². The molecule has 1 aliphatic rings. The Hall–Kier alpha value is -2.11. The van der Waals surface area contributed by atoms with Gasteiger partial charge in [-0.2, -0.15) is 0 Å². The van der Waals surface area contributed by atoms with Crippen LogP contribution in [0.15, 0.2) is 48.5 Å². The zero-order valence-corrected chi connectivity index (χ0v) is 13.9. The lowest BCUT2D eigenvalue weighted by Crippen LogP contribution is -2.47. The van der Waals surface area contributed by atoms with E-state index in [-0.39, 0.29) is 5.82 Å². The summed E-state index contributed by atoms with van der Waals surface area (Å²) in [5.41, 5.74) is 1.51. The molecule has 0 aromatic heterocycles. The number of halogens is 1. The lowest BCUT2D eigenvalue weighted by Gasteiger charge is -2.37. The summed E-state index contributed by atoms with van der Waals surface area (Å²) in [5.74, 6) is 0.568. The summed E-state index contributed by atoms with van der Waals surface area (Å²) >= 11 is 0. The van der Waals surface area contributed by atoms with Crippen molar-refractivity contribution in [2.75, 3.05) is 44.7 Å². The first-order valence-corrected chi connectivity index (χ1v) is 8.21. The van der Waals surface area contributed by atoms with E-state index in [1.807, 2.05) is 36.4 Å². The molecular weight excluding hydrogens is 307 g/mol. The van der Waals surface area contributed by atoms with Crippen LogP contribution in [-0.2, 0) is 0 Å². The van der Waals surface area contributed by atoms with Gasteiger partial charge in [-0.05, 0) is 29.8 Å². The van der Waals surface area contributed by atoms with Crippen molar-refractivity contribution < 1.29 is 14.2 Å². The molecule has 1 heterocycles. The Bertz CT molecular complexity index is 672. The van der Waals surface area contributed by atoms with Crippen LogP contribution in [0.5, 0.6) is 5.75 Å². The zero-order chi connectivity index (χ0) is 16.9. The van der Waals surface area contributed by atoms with Gasteiger partial charge in [-0.1, -0.05) is 24.3 Å². The SMILES string of the molecule is COc1cccc([C@H](O)CN2CCN(c3ccccc3F)CC2)c1. The van der Waals surface area contributed by atoms with Crippen molar-refractivity contribution >= 4 is 5.69 Å². The Balaban J connectivity index is 1.56. The molecule has 0 spiro atoms. The van der Waals surface area contributed by atoms with Crippen LogP contribution in [-0.4, -0.2) is 49.8 Å². The first-order chi connectivity index (χ1) is 11.7. The quantitative estimate of drug-likeness (QED) is 0.914. The number of ether oxygens (including phenoxy) is 1. The summed E-state index contributed by atoms with van der Waals surface area (Å²) < 4.78 is 19.1. The van der Waals surface area contributed by atoms with E-state index in [0.717, 1.165) is 37.5 Å². The topological polar surface area (TPSA) is 35.9 Å². The third kappa shape index (κ3) is 3.86. The van der Waals surface area contributed by atoms with Crippen LogP contribution in [0.25, 0.3) is 0 Å². The number of aliphatic hydroxyl groups excluding tert-OH is 1. The maximum Gasteiger partial charge on any atom is 0.146 e. The summed E-state index contributed by atoms with van der Waals surface area (Å²) in [5, 5.41) is 10.4. The summed E-state index contributed by atoms with van der Waals surface area (Å²) in [6, 6.07) is 14.4. The zero-order valence-electron chi connectivity index (χ0n) is 13.9. The first kappa shape index (κ1) is 16.7. The van der Waals surface area contributed by atoms with Gasteiger partial charge in [0, 0.05) is 32.7 Å². The molecule has 1 atom stereocenters. The van der Waals surface area contributed by atoms with Crippen molar-refractivity contribution in [1.29, 1.82) is 0 Å². The van der Waals surface area contributed by atoms with E-state index < -0.39 is 6.10 Å². The summed E-state index contributed by atoms with van der Waals surface area (Å²) in [7, 11) is 1.62. The molecule has 0 aliphatic carbocycles. The minimum absolute atomic E-state index is 0.178. The average Bonchev–Trinajstić information content (AvgIpc) is 2.63. The Morgan fingerprint density at radius 3 is 2.54 bits per heavy atom. The summed E-state index contributed by atoms with van der Waals surface area (Å²) in [6.07, 6.45) is -0.555. The number of para-hydroxylation sites is 1. The largest absolute Gasteiger partial charge is 0.497 e. The predicted molar refractivity (Wildman–Crippen MR) is 93.0 cm³/mol. The molecule has 2 aromatic rings. The smallest absolute Gasteiger partial charge is 0.146 e. The van der Waals surface area contributed by atoms with Gasteiger partial charge in [0.2, 0.25) is 0 Å². The molecule has 128 valence electrons. The van der Waals surface area contributed by atoms with Crippen molar-refractivity contribution in [3.8, 4) is 5.75 Å². The number of piperazine rings is 1. The molecule has 5 heteroatoms. The minimum Gasteiger partial charge on any atom is -0.497 e. The number of rotatable bonds is 5. The lowest BCUT2D eigenvalue weighted by atomic mass is 10.1. The van der Waals surface area contributed by atoms with Crippen molar-refractivity contribution in [3.05, 3.63) is 59.9 Å². The highest BCUT2D eigenvalue weighted by molar-refractivity contribution is 5.48. The molecule has 0 amide bonds. The molecule has 0 radical (unpaired) electrons. The molecular formula is C19H23FN2O2. The standard InChI is InChI=1S/C19H23FN2O2/c1-24-16-6-4-5-15(13-16)19(23)14-21-9-11-22(12-10-21)18-8-3-2-7-17(18)20/h2-8,13,19,23H,9-12,14H2,1H3/t19-/m1/s1. The van der Waals surface area contributed by atoms with Gasteiger partial charge in [0.25, 0.3) is 0 Å². The van der Waals surface area contributed by atoms with Crippen molar-refractivity contribution in [2.45, 2.75) is 6.10 Å². The first-order valence-electron chi connectivity index (χ1n) is 8.21. The summed E-state index contributed by atoms with van der Waals surface area (Å²) in [4.78, 5) is 4.27. The predicted octanol–water partition coefficient (Wildman–Crippen LogP) is 2.69. The number of benzene rings is 2. The van der Waals surface area contributed by atoms with Crippen LogP contribution in [0.3, 0.4) is 0 Å². The van der Waals surface area contributed by atoms with Gasteiger partial charge in [-0.3, -0.25) is 4.90 Å². The molecule has 24 heavy (non-hydrogen) atoms. The molecule has 4 nitrogen and oxygen atoms in total. The van der Waals surface area contributed by atoms with Gasteiger partial charge in [0.1, 0.15) is 11.6 Å². The molecule has 3 rings (SSSR count). The van der Waals surface area contributed by atoms with Gasteiger partial charge in [-0.25, -0.2) is 4.39 Å². The number of anilines is 1. The molecule has 1 fully saturated rings. The number of β-amino-alcohol motifs (C(OH)–C–C–N with tert-alkyl or cyclic N) is 1. The molecule has 1 aliphatic heterocycles. The lowest BCUT2D eigenvalue weighted by molar-refractivity contribution is 0.109. The maximum absolute atomic E-state index is 13.9. The molecule has 1 saturated heterocycles. The highest BCUT2D eigenvalue weighted by Gasteiger charge is 2.21. The van der Waals surface area contributed by atoms with Crippen molar-refractivity contribution in [2.24, 2.45) is 0 Å². The van der Waals surface area contributed by atoms with Gasteiger partial charge in [0.05, 0.1) is 18.9 Å². The fourth-order valence-corrected chi connectivity index (χ4v) is 3.08. The number of nitrogens with zero attached hydrogens (tertiary/aromatic N) is 2. The number of hydrogen-bond donors (Lipinski definition) is 1. The second-order valence-corrected chi connectivity index (χ2v) is 6.03. The third-order valence-corrected chi connectivity index (χ3v) is 4.48. The Morgan fingerprint density at radius 2 is 1.83 bits per heavy atom. The van der Waals surface area contributed by atoms with Crippen molar-refractivity contribution in [3.63, 3.8) is 0 Å². The number of hydrogen-bond acceptors (Lipinski definition) is 4. The van der Waals surface area contributed by atoms with Gasteiger partial charge >= 0.3 is 0 Å². The molecule has 2 aromatic carbocycles. The molecule has 0 bridgehead atoms. The van der Waals surface area contributed by atoms with Crippen LogP contribution < -0.4 is 9.64 Å². The molecule has 0 unspecified atom stereocenters. The highest BCUT2D eigenvalue weighted by Crippen LogP contribution is 2.23. The normalized spacial score (nSPS) is 16.9. The highest BCUT2D eigenvalue weighted by atomic mass is 19.1. The van der Waals surface area contributed by atoms with E-state index in [4.69, 9.17) is 4.74 Å². The fraction of sp³-hybridized carbons (Fsp3) is 0.368. The summed E-state index contributed by atoms with van der Waals surface area (Å²) in [6.45, 7) is 3.68. The van der Waals surface area contributed by atoms with Crippen molar-refractivity contribution in [1.82, 2.24) is 4.90 Å². The van der Waals surface area contributed by atoms with Crippen LogP contribution in [0, 0.1) is 5.82 Å². The van der Waals surface area contributed by atoms with E-state index in [1.54, 1.807) is 13.2 Å². The van der Waals surface area contributed by atoms with E-state index in [9.17, 15) is 9.50 Å². The average molecular weight is 330 g/mol. The molecule has 0 saturated carbocycles. The van der Waals surface area contributed by atoms with Crippen LogP contribution in [0.1, 0.15) is 11.7 Å².